The molecule has 2 aromatic carbocycles. The maximum Gasteiger partial charge on any atom is 0.284 e. The van der Waals surface area contributed by atoms with Gasteiger partial charge in [0.15, 0.2) is 10.3 Å². The van der Waals surface area contributed by atoms with Gasteiger partial charge in [0, 0.05) is 46.7 Å². The smallest absolute Gasteiger partial charge is 0.284 e. The molecule has 0 fully saturated rings. The van der Waals surface area contributed by atoms with Gasteiger partial charge in [0.25, 0.3) is 11.6 Å². The molecular formula is C21H15N7O3S2. The van der Waals surface area contributed by atoms with Crippen LogP contribution in [-0.4, -0.2) is 35.6 Å². The van der Waals surface area contributed by atoms with Crippen molar-refractivity contribution in [3.05, 3.63) is 76.0 Å². The number of hydrogen-bond donors (Lipinski definition) is 2. The summed E-state index contributed by atoms with van der Waals surface area (Å²) in [7, 11) is 1.74. The molecular weight excluding hydrogens is 462 g/mol. The Hall–Kier alpha value is -4.03. The van der Waals surface area contributed by atoms with Gasteiger partial charge >= 0.3 is 0 Å². The highest BCUT2D eigenvalue weighted by molar-refractivity contribution is 7.99. The molecule has 0 bridgehead atoms. The second kappa shape index (κ2) is 8.48. The first-order valence-corrected chi connectivity index (χ1v) is 11.3. The maximum absolute atomic E-state index is 12.8. The van der Waals surface area contributed by atoms with Gasteiger partial charge in [0.1, 0.15) is 6.33 Å². The Morgan fingerprint density at radius 3 is 2.91 bits per heavy atom. The number of nitro benzene ring substituents is 1. The van der Waals surface area contributed by atoms with E-state index in [9.17, 15) is 14.9 Å². The lowest BCUT2D eigenvalue weighted by atomic mass is 10.1. The van der Waals surface area contributed by atoms with E-state index in [0.29, 0.717) is 15.2 Å². The molecule has 3 aromatic heterocycles. The number of nitrogens with one attached hydrogen (secondary N) is 2. The number of benzene rings is 2. The van der Waals surface area contributed by atoms with Gasteiger partial charge in [0.2, 0.25) is 0 Å². The van der Waals surface area contributed by atoms with Crippen LogP contribution in [0.4, 0.5) is 10.8 Å². The first kappa shape index (κ1) is 20.8. The zero-order chi connectivity index (χ0) is 22.9. The first-order chi connectivity index (χ1) is 16.0. The molecule has 5 rings (SSSR count). The lowest BCUT2D eigenvalue weighted by molar-refractivity contribution is -0.387. The van der Waals surface area contributed by atoms with E-state index in [2.05, 4.69) is 25.5 Å². The summed E-state index contributed by atoms with van der Waals surface area (Å²) in [5, 5.41) is 25.8. The first-order valence-electron chi connectivity index (χ1n) is 9.63. The van der Waals surface area contributed by atoms with E-state index in [1.54, 1.807) is 11.6 Å². The number of amides is 1. The van der Waals surface area contributed by atoms with Crippen LogP contribution in [0.3, 0.4) is 0 Å². The normalized spacial score (nSPS) is 11.1. The number of aromatic amines is 1. The molecule has 0 aliphatic rings. The van der Waals surface area contributed by atoms with Crippen LogP contribution in [0.1, 0.15) is 10.4 Å². The number of aryl methyl sites for hydroxylation is 1. The van der Waals surface area contributed by atoms with Crippen LogP contribution in [0.5, 0.6) is 0 Å². The van der Waals surface area contributed by atoms with Gasteiger partial charge in [-0.05, 0) is 30.0 Å². The van der Waals surface area contributed by atoms with E-state index in [0.717, 1.165) is 33.9 Å². The van der Waals surface area contributed by atoms with Crippen LogP contribution in [0.2, 0.25) is 0 Å². The average Bonchev–Trinajstić information content (AvgIpc) is 3.54. The number of anilines is 1. The van der Waals surface area contributed by atoms with Crippen molar-refractivity contribution in [3.8, 4) is 11.3 Å². The third kappa shape index (κ3) is 4.08. The number of thiazole rings is 1. The second-order valence-electron chi connectivity index (χ2n) is 7.01. The molecule has 5 aromatic rings. The molecule has 0 atom stereocenters. The number of H-pyrrole nitrogens is 1. The van der Waals surface area contributed by atoms with Gasteiger partial charge in [-0.3, -0.25) is 20.2 Å². The van der Waals surface area contributed by atoms with Crippen LogP contribution >= 0.6 is 23.1 Å². The summed E-state index contributed by atoms with van der Waals surface area (Å²) in [6.45, 7) is 0. The Morgan fingerprint density at radius 1 is 1.27 bits per heavy atom. The molecule has 0 aliphatic carbocycles. The number of fused-ring (bicyclic) bond motifs is 1. The number of para-hydroxylation sites is 1. The van der Waals surface area contributed by atoms with Crippen molar-refractivity contribution in [2.45, 2.75) is 10.1 Å². The predicted octanol–water partition coefficient (Wildman–Crippen LogP) is 4.73. The van der Waals surface area contributed by atoms with Gasteiger partial charge in [0.05, 0.1) is 15.5 Å². The minimum absolute atomic E-state index is 0.160. The fourth-order valence-electron chi connectivity index (χ4n) is 3.26. The van der Waals surface area contributed by atoms with Crippen molar-refractivity contribution < 1.29 is 9.72 Å². The predicted molar refractivity (Wildman–Crippen MR) is 126 cm³/mol. The molecule has 0 aliphatic heterocycles. The number of carbonyl (C=O) groups excluding carboxylic acids is 1. The molecule has 3 heterocycles. The van der Waals surface area contributed by atoms with Crippen LogP contribution < -0.4 is 5.32 Å². The highest BCUT2D eigenvalue weighted by Gasteiger charge is 2.21. The topological polar surface area (TPSA) is 132 Å². The fraction of sp³-hybridized carbons (Fsp3) is 0.0476. The van der Waals surface area contributed by atoms with Gasteiger partial charge < -0.3 is 9.55 Å². The second-order valence-corrected chi connectivity index (χ2v) is 8.87. The molecule has 33 heavy (non-hydrogen) atoms. The van der Waals surface area contributed by atoms with Gasteiger partial charge in [-0.1, -0.05) is 18.2 Å². The number of nitro groups is 1. The summed E-state index contributed by atoms with van der Waals surface area (Å²) >= 11 is 2.39. The minimum Gasteiger partial charge on any atom is -0.360 e. The number of hydrogen-bond acceptors (Lipinski definition) is 8. The van der Waals surface area contributed by atoms with E-state index >= 15 is 0 Å². The maximum atomic E-state index is 12.8. The molecule has 1 amide bonds. The highest BCUT2D eigenvalue weighted by atomic mass is 32.2. The Bertz CT molecular complexity index is 1500. The molecule has 2 N–H and O–H groups in total. The summed E-state index contributed by atoms with van der Waals surface area (Å²) in [5.41, 5.74) is 2.64. The number of nitrogens with zero attached hydrogens (tertiary/aromatic N) is 5. The Balaban J connectivity index is 1.37. The zero-order valence-electron chi connectivity index (χ0n) is 17.1. The van der Waals surface area contributed by atoms with Crippen LogP contribution in [0, 0.1) is 10.1 Å². The van der Waals surface area contributed by atoms with Gasteiger partial charge in [-0.2, -0.15) is 0 Å². The third-order valence-electron chi connectivity index (χ3n) is 4.88. The van der Waals surface area contributed by atoms with E-state index in [4.69, 9.17) is 0 Å². The lowest BCUT2D eigenvalue weighted by Gasteiger charge is -2.05. The van der Waals surface area contributed by atoms with Crippen molar-refractivity contribution in [1.29, 1.82) is 0 Å². The summed E-state index contributed by atoms with van der Waals surface area (Å²) in [4.78, 5) is 32.0. The summed E-state index contributed by atoms with van der Waals surface area (Å²) in [6.07, 6.45) is 3.39. The minimum atomic E-state index is -0.520. The quantitative estimate of drug-likeness (QED) is 0.267. The van der Waals surface area contributed by atoms with E-state index in [1.165, 1.54) is 35.9 Å². The van der Waals surface area contributed by atoms with Gasteiger partial charge in [-0.25, -0.2) is 4.98 Å². The molecule has 0 radical (unpaired) electrons. The monoisotopic (exact) mass is 477 g/mol. The summed E-state index contributed by atoms with van der Waals surface area (Å²) in [5.74, 6) is -0.479. The number of carbonyl (C=O) groups is 1. The van der Waals surface area contributed by atoms with Gasteiger partial charge in [-0.15, -0.1) is 21.5 Å². The van der Waals surface area contributed by atoms with Crippen LogP contribution in [0.25, 0.3) is 22.2 Å². The Labute approximate surface area is 194 Å². The van der Waals surface area contributed by atoms with Crippen molar-refractivity contribution in [2.75, 3.05) is 5.32 Å². The molecule has 0 unspecified atom stereocenters. The Morgan fingerprint density at radius 2 is 2.12 bits per heavy atom. The largest absolute Gasteiger partial charge is 0.360 e. The van der Waals surface area contributed by atoms with Crippen molar-refractivity contribution in [3.63, 3.8) is 0 Å². The average molecular weight is 478 g/mol. The van der Waals surface area contributed by atoms with Crippen LogP contribution in [0.15, 0.2) is 70.4 Å². The van der Waals surface area contributed by atoms with Crippen molar-refractivity contribution >= 4 is 50.7 Å². The van der Waals surface area contributed by atoms with Crippen LogP contribution in [-0.2, 0) is 7.05 Å². The molecule has 0 spiro atoms. The SMILES string of the molecule is Cn1cnnc1Sc1ccc(C(=O)Nc2nc(-c3c[nH]c4ccccc34)cs2)cc1[N+](=O)[O-]. The van der Waals surface area contributed by atoms with E-state index in [1.807, 2.05) is 35.8 Å². The summed E-state index contributed by atoms with van der Waals surface area (Å²) in [6, 6.07) is 12.2. The number of aromatic nitrogens is 5. The molecule has 10 nitrogen and oxygen atoms in total. The standard InChI is InChI=1S/C21H15N7O3S2/c1-27-11-23-26-21(27)33-18-7-6-12(8-17(18)28(30)31)19(29)25-20-24-16(10-32-20)14-9-22-15-5-3-2-4-13(14)15/h2-11,22H,1H3,(H,24,25,29). The molecule has 164 valence electrons. The van der Waals surface area contributed by atoms with E-state index < -0.39 is 10.8 Å². The Kier molecular flexibility index (Phi) is 5.36. The molecule has 12 heteroatoms. The molecule has 0 saturated carbocycles. The number of rotatable bonds is 6. The highest BCUT2D eigenvalue weighted by Crippen LogP contribution is 2.35. The van der Waals surface area contributed by atoms with Crippen molar-refractivity contribution in [2.24, 2.45) is 7.05 Å². The lowest BCUT2D eigenvalue weighted by Crippen LogP contribution is -2.12. The zero-order valence-corrected chi connectivity index (χ0v) is 18.7. The van der Waals surface area contributed by atoms with E-state index in [-0.39, 0.29) is 11.3 Å². The fourth-order valence-corrected chi connectivity index (χ4v) is 4.81. The third-order valence-corrected chi connectivity index (χ3v) is 6.75. The van der Waals surface area contributed by atoms with Crippen molar-refractivity contribution in [1.82, 2.24) is 24.7 Å². The molecule has 0 saturated heterocycles. The summed E-state index contributed by atoms with van der Waals surface area (Å²) < 4.78 is 1.66.